The van der Waals surface area contributed by atoms with E-state index in [1.165, 1.54) is 6.07 Å². The average Bonchev–Trinajstić information content (AvgIpc) is 2.83. The molecule has 0 aliphatic carbocycles. The highest BCUT2D eigenvalue weighted by atomic mass is 32.2. The van der Waals surface area contributed by atoms with Crippen molar-refractivity contribution < 1.29 is 18.0 Å². The minimum absolute atomic E-state index is 0.0210. The van der Waals surface area contributed by atoms with Gasteiger partial charge in [-0.25, -0.2) is 8.42 Å². The van der Waals surface area contributed by atoms with E-state index < -0.39 is 21.7 Å². The van der Waals surface area contributed by atoms with E-state index in [2.05, 4.69) is 5.32 Å². The lowest BCUT2D eigenvalue weighted by atomic mass is 10.1. The van der Waals surface area contributed by atoms with E-state index in [0.29, 0.717) is 5.56 Å². The van der Waals surface area contributed by atoms with Gasteiger partial charge in [0, 0.05) is 11.8 Å². The van der Waals surface area contributed by atoms with E-state index in [1.54, 1.807) is 31.2 Å². The van der Waals surface area contributed by atoms with Crippen molar-refractivity contribution in [3.8, 4) is 0 Å². The Morgan fingerprint density at radius 1 is 1.18 bits per heavy atom. The molecular weight excluding hydrogens is 324 g/mol. The van der Waals surface area contributed by atoms with Crippen molar-refractivity contribution in [1.29, 1.82) is 0 Å². The van der Waals surface area contributed by atoms with Gasteiger partial charge in [-0.2, -0.15) is 0 Å². The Bertz CT molecular complexity index is 853. The number of aryl methyl sites for hydroxylation is 1. The molecule has 0 saturated carbocycles. The Balaban J connectivity index is 2.41. The average molecular weight is 338 g/mol. The largest absolute Gasteiger partial charge is 0.366 e. The molecule has 22 heavy (non-hydrogen) atoms. The number of amides is 2. The normalized spacial score (nSPS) is 11.2. The molecule has 0 aliphatic rings. The molecule has 1 heterocycles. The molecule has 0 unspecified atom stereocenters. The fourth-order valence-corrected chi connectivity index (χ4v) is 3.80. The number of primary amides is 1. The van der Waals surface area contributed by atoms with Crippen LogP contribution in [-0.4, -0.2) is 26.5 Å². The minimum atomic E-state index is -3.49. The second-order valence-corrected chi connectivity index (χ2v) is 8.01. The van der Waals surface area contributed by atoms with Gasteiger partial charge in [0.15, 0.2) is 9.84 Å². The zero-order valence-corrected chi connectivity index (χ0v) is 13.5. The Kier molecular flexibility index (Phi) is 4.34. The van der Waals surface area contributed by atoms with Crippen LogP contribution in [0.2, 0.25) is 0 Å². The number of sulfone groups is 1. The van der Waals surface area contributed by atoms with Crippen LogP contribution in [0.25, 0.3) is 0 Å². The summed E-state index contributed by atoms with van der Waals surface area (Å²) in [5.41, 5.74) is 6.42. The molecule has 0 spiro atoms. The van der Waals surface area contributed by atoms with E-state index in [1.807, 2.05) is 0 Å². The molecule has 2 aromatic rings. The number of carbonyl (C=O) groups is 2. The van der Waals surface area contributed by atoms with E-state index >= 15 is 0 Å². The standard InChI is InChI=1S/C14H14N2O4S2/c1-8-5-3-4-6-9(8)13(18)16-14-10(12(15)17)7-11(21-14)22(2,19)20/h3-7H,1-2H3,(H2,15,17)(H,16,18). The number of nitrogens with two attached hydrogens (primary N) is 1. The molecule has 2 amide bonds. The molecule has 6 nitrogen and oxygen atoms in total. The molecule has 0 aliphatic heterocycles. The second-order valence-electron chi connectivity index (χ2n) is 4.71. The smallest absolute Gasteiger partial charge is 0.256 e. The molecule has 0 fully saturated rings. The van der Waals surface area contributed by atoms with Crippen molar-refractivity contribution in [2.24, 2.45) is 5.73 Å². The predicted octanol–water partition coefficient (Wildman–Crippen LogP) is 1.81. The third-order valence-electron chi connectivity index (χ3n) is 2.96. The fourth-order valence-electron chi connectivity index (χ4n) is 1.83. The molecule has 2 rings (SSSR count). The highest BCUT2D eigenvalue weighted by Crippen LogP contribution is 2.31. The van der Waals surface area contributed by atoms with Gasteiger partial charge in [-0.15, -0.1) is 11.3 Å². The van der Waals surface area contributed by atoms with Gasteiger partial charge in [-0.1, -0.05) is 18.2 Å². The van der Waals surface area contributed by atoms with Crippen LogP contribution in [0.5, 0.6) is 0 Å². The third kappa shape index (κ3) is 3.34. The van der Waals surface area contributed by atoms with Crippen LogP contribution >= 0.6 is 11.3 Å². The predicted molar refractivity (Wildman–Crippen MR) is 85.1 cm³/mol. The molecular formula is C14H14N2O4S2. The monoisotopic (exact) mass is 338 g/mol. The van der Waals surface area contributed by atoms with Gasteiger partial charge in [-0.05, 0) is 24.6 Å². The summed E-state index contributed by atoms with van der Waals surface area (Å²) in [5, 5.41) is 2.68. The highest BCUT2D eigenvalue weighted by Gasteiger charge is 2.21. The molecule has 8 heteroatoms. The maximum Gasteiger partial charge on any atom is 0.256 e. The fraction of sp³-hybridized carbons (Fsp3) is 0.143. The van der Waals surface area contributed by atoms with E-state index in [-0.39, 0.29) is 14.8 Å². The number of benzene rings is 1. The van der Waals surface area contributed by atoms with Crippen molar-refractivity contribution in [2.45, 2.75) is 11.1 Å². The van der Waals surface area contributed by atoms with Gasteiger partial charge < -0.3 is 11.1 Å². The summed E-state index contributed by atoms with van der Waals surface area (Å²) in [7, 11) is -3.49. The lowest BCUT2D eigenvalue weighted by molar-refractivity contribution is 0.100. The summed E-state index contributed by atoms with van der Waals surface area (Å²) >= 11 is 0.803. The zero-order valence-electron chi connectivity index (χ0n) is 11.9. The molecule has 116 valence electrons. The zero-order chi connectivity index (χ0) is 16.5. The maximum absolute atomic E-state index is 12.3. The summed E-state index contributed by atoms with van der Waals surface area (Å²) in [6.45, 7) is 1.78. The first-order chi connectivity index (χ1) is 10.2. The number of rotatable bonds is 4. The molecule has 1 aromatic carbocycles. The van der Waals surface area contributed by atoms with Crippen LogP contribution in [-0.2, 0) is 9.84 Å². The van der Waals surface area contributed by atoms with Gasteiger partial charge in [-0.3, -0.25) is 9.59 Å². The number of hydrogen-bond donors (Lipinski definition) is 2. The van der Waals surface area contributed by atoms with Crippen molar-refractivity contribution in [3.63, 3.8) is 0 Å². The molecule has 1 aromatic heterocycles. The highest BCUT2D eigenvalue weighted by molar-refractivity contribution is 7.92. The minimum Gasteiger partial charge on any atom is -0.366 e. The molecule has 0 saturated heterocycles. The van der Waals surface area contributed by atoms with Crippen LogP contribution in [0, 0.1) is 6.92 Å². The molecule has 0 bridgehead atoms. The Morgan fingerprint density at radius 2 is 1.82 bits per heavy atom. The van der Waals surface area contributed by atoms with Crippen LogP contribution in [0.15, 0.2) is 34.5 Å². The summed E-state index contributed by atoms with van der Waals surface area (Å²) in [4.78, 5) is 23.7. The number of anilines is 1. The molecule has 3 N–H and O–H groups in total. The SMILES string of the molecule is Cc1ccccc1C(=O)Nc1sc(S(C)(=O)=O)cc1C(N)=O. The van der Waals surface area contributed by atoms with Crippen LogP contribution in [0.3, 0.4) is 0 Å². The van der Waals surface area contributed by atoms with E-state index in [0.717, 1.165) is 23.2 Å². The lowest BCUT2D eigenvalue weighted by Crippen LogP contribution is -2.17. The first-order valence-electron chi connectivity index (χ1n) is 6.21. The van der Waals surface area contributed by atoms with Crippen LogP contribution in [0.1, 0.15) is 26.3 Å². The number of carbonyl (C=O) groups excluding carboxylic acids is 2. The van der Waals surface area contributed by atoms with Gasteiger partial charge in [0.1, 0.15) is 9.21 Å². The number of nitrogens with one attached hydrogen (secondary N) is 1. The van der Waals surface area contributed by atoms with Gasteiger partial charge in [0.05, 0.1) is 5.56 Å². The molecule has 0 radical (unpaired) electrons. The quantitative estimate of drug-likeness (QED) is 0.886. The van der Waals surface area contributed by atoms with Crippen molar-refractivity contribution >= 4 is 38.0 Å². The first-order valence-corrected chi connectivity index (χ1v) is 8.91. The summed E-state index contributed by atoms with van der Waals surface area (Å²) in [6.07, 6.45) is 1.02. The Morgan fingerprint density at radius 3 is 2.36 bits per heavy atom. The Hall–Kier alpha value is -2.19. The van der Waals surface area contributed by atoms with Gasteiger partial charge in [0.25, 0.3) is 11.8 Å². The summed E-state index contributed by atoms with van der Waals surface area (Å²) in [5.74, 6) is -1.23. The van der Waals surface area contributed by atoms with Crippen molar-refractivity contribution in [1.82, 2.24) is 0 Å². The number of thiophene rings is 1. The number of hydrogen-bond acceptors (Lipinski definition) is 5. The van der Waals surface area contributed by atoms with Gasteiger partial charge >= 0.3 is 0 Å². The lowest BCUT2D eigenvalue weighted by Gasteiger charge is -2.06. The first kappa shape index (κ1) is 16.2. The summed E-state index contributed by atoms with van der Waals surface area (Å²) < 4.78 is 23.1. The van der Waals surface area contributed by atoms with Gasteiger partial charge in [0.2, 0.25) is 0 Å². The third-order valence-corrected chi connectivity index (χ3v) is 5.81. The van der Waals surface area contributed by atoms with E-state index in [4.69, 9.17) is 5.73 Å². The van der Waals surface area contributed by atoms with Crippen LogP contribution < -0.4 is 11.1 Å². The molecule has 0 atom stereocenters. The van der Waals surface area contributed by atoms with Crippen LogP contribution in [0.4, 0.5) is 5.00 Å². The summed E-state index contributed by atoms with van der Waals surface area (Å²) in [6, 6.07) is 8.11. The maximum atomic E-state index is 12.3. The van der Waals surface area contributed by atoms with Crippen molar-refractivity contribution in [3.05, 3.63) is 47.0 Å². The second kappa shape index (κ2) is 5.90. The Labute approximate surface area is 131 Å². The van der Waals surface area contributed by atoms with Crippen molar-refractivity contribution in [2.75, 3.05) is 11.6 Å². The topological polar surface area (TPSA) is 106 Å². The van der Waals surface area contributed by atoms with E-state index in [9.17, 15) is 18.0 Å².